The highest BCUT2D eigenvalue weighted by atomic mass is 35.5. The molecule has 0 radical (unpaired) electrons. The topological polar surface area (TPSA) is 41.6 Å². The molecule has 1 saturated carbocycles. The molecule has 4 nitrogen and oxygen atoms in total. The molecule has 1 aromatic carbocycles. The van der Waals surface area contributed by atoms with Crippen molar-refractivity contribution in [2.24, 2.45) is 0 Å². The van der Waals surface area contributed by atoms with Crippen molar-refractivity contribution in [2.45, 2.75) is 37.8 Å². The first-order chi connectivity index (χ1) is 9.56. The predicted molar refractivity (Wildman–Crippen MR) is 83.5 cm³/mol. The van der Waals surface area contributed by atoms with Crippen molar-refractivity contribution in [3.05, 3.63) is 30.1 Å². The zero-order chi connectivity index (χ0) is 14.5. The van der Waals surface area contributed by atoms with Crippen LogP contribution in [0, 0.1) is 5.82 Å². The van der Waals surface area contributed by atoms with Crippen LogP contribution in [0.1, 0.15) is 25.7 Å². The molecule has 2 atom stereocenters. The quantitative estimate of drug-likeness (QED) is 0.925. The van der Waals surface area contributed by atoms with Crippen molar-refractivity contribution in [3.63, 3.8) is 0 Å². The lowest BCUT2D eigenvalue weighted by atomic mass is 9.92. The summed E-state index contributed by atoms with van der Waals surface area (Å²) in [6, 6.07) is 6.33. The Morgan fingerprint density at radius 3 is 2.48 bits per heavy atom. The second-order valence-electron chi connectivity index (χ2n) is 5.36. The van der Waals surface area contributed by atoms with Crippen LogP contribution < -0.4 is 5.32 Å². The fourth-order valence-electron chi connectivity index (χ4n) is 2.40. The number of rotatable bonds is 3. The van der Waals surface area contributed by atoms with Gasteiger partial charge < -0.3 is 15.0 Å². The Morgan fingerprint density at radius 2 is 1.86 bits per heavy atom. The maximum Gasteiger partial charge on any atom is 0.409 e. The lowest BCUT2D eigenvalue weighted by Crippen LogP contribution is -2.41. The molecule has 0 unspecified atom stereocenters. The monoisotopic (exact) mass is 316 g/mol. The van der Waals surface area contributed by atoms with Gasteiger partial charge in [-0.3, -0.25) is 0 Å². The number of halogens is 2. The minimum absolute atomic E-state index is 0. The van der Waals surface area contributed by atoms with E-state index in [4.69, 9.17) is 4.74 Å². The lowest BCUT2D eigenvalue weighted by Gasteiger charge is -2.33. The first-order valence-corrected chi connectivity index (χ1v) is 6.96. The van der Waals surface area contributed by atoms with Crippen LogP contribution >= 0.6 is 12.4 Å². The Balaban J connectivity index is 0.00000220. The molecular weight excluding hydrogens is 295 g/mol. The van der Waals surface area contributed by atoms with E-state index in [2.05, 4.69) is 5.32 Å². The van der Waals surface area contributed by atoms with Crippen LogP contribution in [0.2, 0.25) is 0 Å². The van der Waals surface area contributed by atoms with E-state index in [1.54, 1.807) is 26.2 Å². The number of carbonyl (C=O) groups is 1. The van der Waals surface area contributed by atoms with Gasteiger partial charge in [0, 0.05) is 19.8 Å². The van der Waals surface area contributed by atoms with Gasteiger partial charge in [0.05, 0.1) is 6.04 Å². The molecule has 1 aliphatic rings. The maximum absolute atomic E-state index is 12.9. The maximum atomic E-state index is 12.9. The molecule has 0 aromatic heterocycles. The molecule has 0 heterocycles. The second-order valence-corrected chi connectivity index (χ2v) is 5.36. The van der Waals surface area contributed by atoms with E-state index < -0.39 is 0 Å². The van der Waals surface area contributed by atoms with E-state index in [-0.39, 0.29) is 36.5 Å². The van der Waals surface area contributed by atoms with Gasteiger partial charge in [0.25, 0.3) is 0 Å². The summed E-state index contributed by atoms with van der Waals surface area (Å²) in [7, 11) is 3.35. The van der Waals surface area contributed by atoms with E-state index in [0.717, 1.165) is 31.4 Å². The number of carbonyl (C=O) groups excluding carboxylic acids is 1. The highest BCUT2D eigenvalue weighted by molar-refractivity contribution is 5.85. The summed E-state index contributed by atoms with van der Waals surface area (Å²) in [6.07, 6.45) is 3.52. The van der Waals surface area contributed by atoms with Gasteiger partial charge in [0.2, 0.25) is 0 Å². The average molecular weight is 317 g/mol. The molecule has 1 aromatic rings. The van der Waals surface area contributed by atoms with E-state index in [0.29, 0.717) is 0 Å². The number of nitrogens with one attached hydrogen (secondary N) is 1. The van der Waals surface area contributed by atoms with Crippen LogP contribution in [0.4, 0.5) is 14.9 Å². The molecule has 0 spiro atoms. The molecular formula is C15H22ClFN2O2. The Morgan fingerprint density at radius 1 is 1.24 bits per heavy atom. The number of hydrogen-bond acceptors (Lipinski definition) is 3. The molecule has 0 bridgehead atoms. The fraction of sp³-hybridized carbons (Fsp3) is 0.533. The van der Waals surface area contributed by atoms with Crippen molar-refractivity contribution in [2.75, 3.05) is 19.4 Å². The highest BCUT2D eigenvalue weighted by Crippen LogP contribution is 2.25. The number of amides is 1. The fourth-order valence-corrected chi connectivity index (χ4v) is 2.40. The molecule has 6 heteroatoms. The van der Waals surface area contributed by atoms with E-state index in [1.807, 2.05) is 0 Å². The van der Waals surface area contributed by atoms with Crippen LogP contribution in [-0.2, 0) is 4.74 Å². The number of nitrogens with zero attached hydrogens (tertiary/aromatic N) is 1. The summed E-state index contributed by atoms with van der Waals surface area (Å²) in [5, 5.41) is 3.34. The van der Waals surface area contributed by atoms with Crippen molar-refractivity contribution in [1.82, 2.24) is 4.90 Å². The predicted octanol–water partition coefficient (Wildman–Crippen LogP) is 3.67. The Hall–Kier alpha value is -1.49. The van der Waals surface area contributed by atoms with Gasteiger partial charge in [-0.1, -0.05) is 6.42 Å². The van der Waals surface area contributed by atoms with Crippen LogP contribution in [0.5, 0.6) is 0 Å². The first kappa shape index (κ1) is 17.6. The third-order valence-corrected chi connectivity index (χ3v) is 3.52. The van der Waals surface area contributed by atoms with Crippen molar-refractivity contribution in [1.29, 1.82) is 0 Å². The molecule has 2 rings (SSSR count). The number of hydrogen-bond donors (Lipinski definition) is 1. The second kappa shape index (κ2) is 8.08. The Labute approximate surface area is 131 Å². The van der Waals surface area contributed by atoms with E-state index >= 15 is 0 Å². The average Bonchev–Trinajstić information content (AvgIpc) is 2.43. The third kappa shape index (κ3) is 5.08. The van der Waals surface area contributed by atoms with Gasteiger partial charge >= 0.3 is 6.09 Å². The van der Waals surface area contributed by atoms with Crippen molar-refractivity contribution < 1.29 is 13.9 Å². The lowest BCUT2D eigenvalue weighted by molar-refractivity contribution is 0.0491. The van der Waals surface area contributed by atoms with Crippen LogP contribution in [0.15, 0.2) is 24.3 Å². The number of ether oxygens (including phenoxy) is 1. The summed E-state index contributed by atoms with van der Waals surface area (Å²) in [6.45, 7) is 0. The third-order valence-electron chi connectivity index (χ3n) is 3.52. The van der Waals surface area contributed by atoms with Gasteiger partial charge in [-0.2, -0.15) is 0 Å². The number of anilines is 1. The molecule has 1 fully saturated rings. The summed E-state index contributed by atoms with van der Waals surface area (Å²) in [5.41, 5.74) is 0.851. The highest BCUT2D eigenvalue weighted by Gasteiger charge is 2.28. The standard InChI is InChI=1S/C15H21FN2O2.ClH/c1-18(2)15(19)20-14-6-4-3-5-13(14)17-12-9-7-11(16)8-10-12;/h7-10,13-14,17H,3-6H2,1-2H3;1H/t13-,14-;/m0./s1. The van der Waals surface area contributed by atoms with E-state index in [9.17, 15) is 9.18 Å². The number of benzene rings is 1. The van der Waals surface area contributed by atoms with Gasteiger partial charge in [0.15, 0.2) is 0 Å². The Bertz CT molecular complexity index is 453. The minimum atomic E-state index is -0.317. The molecule has 118 valence electrons. The summed E-state index contributed by atoms with van der Waals surface area (Å²) >= 11 is 0. The van der Waals surface area contributed by atoms with Gasteiger partial charge in [-0.15, -0.1) is 12.4 Å². The van der Waals surface area contributed by atoms with Crippen molar-refractivity contribution >= 4 is 24.2 Å². The molecule has 0 aliphatic heterocycles. The van der Waals surface area contributed by atoms with Crippen LogP contribution in [-0.4, -0.2) is 37.2 Å². The van der Waals surface area contributed by atoms with Crippen LogP contribution in [0.25, 0.3) is 0 Å². The zero-order valence-corrected chi connectivity index (χ0v) is 13.2. The van der Waals surface area contributed by atoms with Gasteiger partial charge in [-0.25, -0.2) is 9.18 Å². The van der Waals surface area contributed by atoms with Crippen molar-refractivity contribution in [3.8, 4) is 0 Å². The SMILES string of the molecule is CN(C)C(=O)O[C@H]1CCCC[C@@H]1Nc1ccc(F)cc1.Cl. The summed E-state index contributed by atoms with van der Waals surface area (Å²) < 4.78 is 18.4. The molecule has 1 amide bonds. The molecule has 21 heavy (non-hydrogen) atoms. The smallest absolute Gasteiger partial charge is 0.409 e. The largest absolute Gasteiger partial charge is 0.444 e. The zero-order valence-electron chi connectivity index (χ0n) is 12.3. The first-order valence-electron chi connectivity index (χ1n) is 6.96. The van der Waals surface area contributed by atoms with Crippen LogP contribution in [0.3, 0.4) is 0 Å². The molecule has 1 aliphatic carbocycles. The van der Waals surface area contributed by atoms with Gasteiger partial charge in [-0.05, 0) is 43.5 Å². The van der Waals surface area contributed by atoms with Gasteiger partial charge in [0.1, 0.15) is 11.9 Å². The molecule has 0 saturated heterocycles. The molecule has 1 N–H and O–H groups in total. The summed E-state index contributed by atoms with van der Waals surface area (Å²) in [5.74, 6) is -0.255. The summed E-state index contributed by atoms with van der Waals surface area (Å²) in [4.78, 5) is 13.1. The normalized spacial score (nSPS) is 21.1. The minimum Gasteiger partial charge on any atom is -0.444 e. The van der Waals surface area contributed by atoms with E-state index in [1.165, 1.54) is 17.0 Å². The Kier molecular flexibility index (Phi) is 6.75.